The third-order valence-corrected chi connectivity index (χ3v) is 6.54. The zero-order valence-corrected chi connectivity index (χ0v) is 14.3. The van der Waals surface area contributed by atoms with Crippen LogP contribution >= 0.6 is 0 Å². The Morgan fingerprint density at radius 1 is 0.958 bits per heavy atom. The zero-order valence-electron chi connectivity index (χ0n) is 14.3. The molecule has 0 saturated carbocycles. The van der Waals surface area contributed by atoms with E-state index in [1.54, 1.807) is 0 Å². The van der Waals surface area contributed by atoms with Gasteiger partial charge in [-0.15, -0.1) is 0 Å². The number of benzene rings is 2. The molecule has 2 aromatic rings. The van der Waals surface area contributed by atoms with E-state index in [4.69, 9.17) is 0 Å². The fourth-order valence-corrected chi connectivity index (χ4v) is 5.44. The Morgan fingerprint density at radius 2 is 1.75 bits per heavy atom. The fraction of sp³-hybridized carbons (Fsp3) is 0.348. The lowest BCUT2D eigenvalue weighted by Gasteiger charge is -2.40. The monoisotopic (exact) mass is 314 g/mol. The minimum absolute atomic E-state index is 0.113. The fourth-order valence-electron chi connectivity index (χ4n) is 5.44. The van der Waals surface area contributed by atoms with Gasteiger partial charge >= 0.3 is 0 Å². The summed E-state index contributed by atoms with van der Waals surface area (Å²) in [5, 5.41) is 0. The van der Waals surface area contributed by atoms with Gasteiger partial charge in [-0.2, -0.15) is 0 Å². The number of Topliss-reactive ketones (excluding diaryl/α,β-unsaturated/α-hetero) is 1. The van der Waals surface area contributed by atoms with Crippen molar-refractivity contribution >= 4 is 5.78 Å². The first-order valence-electron chi connectivity index (χ1n) is 9.08. The molecule has 0 aliphatic heterocycles. The number of allylic oxidation sites excluding steroid dienone is 2. The van der Waals surface area contributed by atoms with Gasteiger partial charge in [0.1, 0.15) is 0 Å². The van der Waals surface area contributed by atoms with Crippen molar-refractivity contribution in [2.24, 2.45) is 5.92 Å². The van der Waals surface area contributed by atoms with Crippen LogP contribution in [0.3, 0.4) is 0 Å². The lowest BCUT2D eigenvalue weighted by atomic mass is 9.63. The van der Waals surface area contributed by atoms with Crippen LogP contribution in [0.2, 0.25) is 0 Å². The highest BCUT2D eigenvalue weighted by molar-refractivity contribution is 6.04. The van der Waals surface area contributed by atoms with Crippen LogP contribution in [-0.2, 0) is 6.42 Å². The Balaban J connectivity index is 1.73. The molecule has 5 rings (SSSR count). The molecule has 120 valence electrons. The van der Waals surface area contributed by atoms with E-state index in [9.17, 15) is 4.79 Å². The highest BCUT2D eigenvalue weighted by Crippen LogP contribution is 2.56. The number of hydrogen-bond acceptors (Lipinski definition) is 1. The van der Waals surface area contributed by atoms with Crippen molar-refractivity contribution < 1.29 is 4.79 Å². The summed E-state index contributed by atoms with van der Waals surface area (Å²) in [6.45, 7) is 4.44. The van der Waals surface area contributed by atoms with Crippen molar-refractivity contribution in [2.45, 2.75) is 44.9 Å². The second-order valence-electron chi connectivity index (χ2n) is 7.67. The Bertz CT molecular complexity index is 902. The van der Waals surface area contributed by atoms with Crippen molar-refractivity contribution in [1.82, 2.24) is 0 Å². The third-order valence-electron chi connectivity index (χ3n) is 6.54. The van der Waals surface area contributed by atoms with Gasteiger partial charge in [0.05, 0.1) is 0 Å². The molecule has 1 heteroatoms. The van der Waals surface area contributed by atoms with Gasteiger partial charge in [-0.25, -0.2) is 0 Å². The van der Waals surface area contributed by atoms with Gasteiger partial charge in [-0.1, -0.05) is 48.0 Å². The van der Waals surface area contributed by atoms with Gasteiger partial charge in [0.15, 0.2) is 5.78 Å². The van der Waals surface area contributed by atoms with E-state index >= 15 is 0 Å². The average molecular weight is 314 g/mol. The number of carbonyl (C=O) groups excluding carboxylic acids is 1. The van der Waals surface area contributed by atoms with Crippen molar-refractivity contribution in [1.29, 1.82) is 0 Å². The number of aryl methyl sites for hydroxylation is 2. The first-order chi connectivity index (χ1) is 11.7. The lowest BCUT2D eigenvalue weighted by molar-refractivity contribution is 0.0903. The van der Waals surface area contributed by atoms with Gasteiger partial charge in [-0.05, 0) is 66.8 Å². The van der Waals surface area contributed by atoms with Crippen LogP contribution in [0, 0.1) is 19.8 Å². The largest absolute Gasteiger partial charge is 0.294 e. The van der Waals surface area contributed by atoms with Crippen molar-refractivity contribution in [3.63, 3.8) is 0 Å². The highest BCUT2D eigenvalue weighted by Gasteiger charge is 2.48. The average Bonchev–Trinajstić information content (AvgIpc) is 2.91. The van der Waals surface area contributed by atoms with E-state index < -0.39 is 0 Å². The van der Waals surface area contributed by atoms with Crippen LogP contribution in [0.5, 0.6) is 0 Å². The summed E-state index contributed by atoms with van der Waals surface area (Å²) in [7, 11) is 0. The quantitative estimate of drug-likeness (QED) is 0.606. The first-order valence-corrected chi connectivity index (χ1v) is 9.08. The number of ketones is 1. The Labute approximate surface area is 143 Å². The summed E-state index contributed by atoms with van der Waals surface area (Å²) in [5.41, 5.74) is 9.47. The molecule has 2 aromatic carbocycles. The number of rotatable bonds is 0. The van der Waals surface area contributed by atoms with E-state index in [0.717, 1.165) is 24.8 Å². The zero-order chi connectivity index (χ0) is 16.4. The molecule has 3 unspecified atom stereocenters. The maximum atomic E-state index is 13.3. The number of fused-ring (bicyclic) bond motifs is 7. The molecule has 0 fully saturated rings. The molecular weight excluding hydrogens is 292 g/mol. The summed E-state index contributed by atoms with van der Waals surface area (Å²) in [6, 6.07) is 12.8. The van der Waals surface area contributed by atoms with E-state index in [1.165, 1.54) is 33.4 Å². The highest BCUT2D eigenvalue weighted by atomic mass is 16.1. The molecule has 24 heavy (non-hydrogen) atoms. The van der Waals surface area contributed by atoms with Crippen LogP contribution in [0.25, 0.3) is 0 Å². The molecule has 0 amide bonds. The summed E-state index contributed by atoms with van der Waals surface area (Å²) in [4.78, 5) is 13.3. The molecule has 0 heterocycles. The normalized spacial score (nSPS) is 27.0. The topological polar surface area (TPSA) is 17.1 Å². The Morgan fingerprint density at radius 3 is 2.62 bits per heavy atom. The molecule has 0 spiro atoms. The standard InChI is InChI=1S/C23H22O/c1-13-7-8-14(2)20-16(13)11-9-15-10-12-18-17-5-3-4-6-19(17)23(24)22(18)21(15)20/h3-8,10,18,21-22H,9,11-12H2,1-2H3. The minimum Gasteiger partial charge on any atom is -0.294 e. The Hall–Kier alpha value is -2.15. The van der Waals surface area contributed by atoms with E-state index in [2.05, 4.69) is 44.2 Å². The van der Waals surface area contributed by atoms with Gasteiger partial charge in [0.2, 0.25) is 0 Å². The van der Waals surface area contributed by atoms with Gasteiger partial charge in [-0.3, -0.25) is 4.79 Å². The van der Waals surface area contributed by atoms with Crippen LogP contribution in [-0.4, -0.2) is 5.78 Å². The van der Waals surface area contributed by atoms with E-state index in [-0.39, 0.29) is 5.92 Å². The van der Waals surface area contributed by atoms with Crippen LogP contribution in [0.15, 0.2) is 48.0 Å². The maximum Gasteiger partial charge on any atom is 0.167 e. The molecule has 0 N–H and O–H groups in total. The Kier molecular flexibility index (Phi) is 2.92. The predicted molar refractivity (Wildman–Crippen MR) is 96.7 cm³/mol. The second-order valence-corrected chi connectivity index (χ2v) is 7.67. The smallest absolute Gasteiger partial charge is 0.167 e. The summed E-state index contributed by atoms with van der Waals surface area (Å²) in [5.74, 6) is 1.16. The van der Waals surface area contributed by atoms with Crippen LogP contribution in [0.4, 0.5) is 0 Å². The molecule has 0 saturated heterocycles. The summed E-state index contributed by atoms with van der Waals surface area (Å²) in [6.07, 6.45) is 5.73. The molecule has 3 aliphatic rings. The van der Waals surface area contributed by atoms with Crippen LogP contribution < -0.4 is 0 Å². The molecule has 3 atom stereocenters. The first kappa shape index (κ1) is 14.2. The third kappa shape index (κ3) is 1.73. The maximum absolute atomic E-state index is 13.3. The molecule has 3 aliphatic carbocycles. The SMILES string of the molecule is Cc1ccc(C)c2c1CCC1=CCC3c4ccccc4C(=O)C3C12. The number of hydrogen-bond donors (Lipinski definition) is 0. The predicted octanol–water partition coefficient (Wildman–Crippen LogP) is 5.26. The second kappa shape index (κ2) is 4.92. The molecule has 0 bridgehead atoms. The summed E-state index contributed by atoms with van der Waals surface area (Å²) < 4.78 is 0. The molecule has 1 nitrogen and oxygen atoms in total. The minimum atomic E-state index is 0.113. The number of carbonyl (C=O) groups is 1. The van der Waals surface area contributed by atoms with Crippen molar-refractivity contribution in [3.05, 3.63) is 81.4 Å². The van der Waals surface area contributed by atoms with Crippen LogP contribution in [0.1, 0.15) is 62.9 Å². The van der Waals surface area contributed by atoms with Gasteiger partial charge < -0.3 is 0 Å². The van der Waals surface area contributed by atoms with Crippen molar-refractivity contribution in [2.75, 3.05) is 0 Å². The molecule has 0 aromatic heterocycles. The lowest BCUT2D eigenvalue weighted by Crippen LogP contribution is -2.31. The van der Waals surface area contributed by atoms with Gasteiger partial charge in [0.25, 0.3) is 0 Å². The van der Waals surface area contributed by atoms with Gasteiger partial charge in [0, 0.05) is 17.4 Å². The molecule has 0 radical (unpaired) electrons. The molecular formula is C23H22O. The van der Waals surface area contributed by atoms with E-state index in [1.807, 2.05) is 12.1 Å². The van der Waals surface area contributed by atoms with E-state index in [0.29, 0.717) is 17.6 Å². The van der Waals surface area contributed by atoms with Crippen molar-refractivity contribution in [3.8, 4) is 0 Å². The summed E-state index contributed by atoms with van der Waals surface area (Å²) >= 11 is 0.